The van der Waals surface area contributed by atoms with E-state index in [1.54, 1.807) is 26.8 Å². The van der Waals surface area contributed by atoms with E-state index in [9.17, 15) is 9.18 Å². The number of furan rings is 1. The van der Waals surface area contributed by atoms with Crippen LogP contribution < -0.4 is 5.32 Å². The van der Waals surface area contributed by atoms with Gasteiger partial charge in [0.05, 0.1) is 6.26 Å². The van der Waals surface area contributed by atoms with Crippen molar-refractivity contribution in [2.45, 2.75) is 45.8 Å². The molecule has 21 heavy (non-hydrogen) atoms. The Balaban J connectivity index is 2.06. The molecule has 0 radical (unpaired) electrons. The number of nitrogens with one attached hydrogen (secondary N) is 1. The molecule has 1 N–H and O–H groups in total. The van der Waals surface area contributed by atoms with Crippen LogP contribution in [-0.2, 0) is 11.2 Å². The average molecular weight is 293 g/mol. The van der Waals surface area contributed by atoms with Crippen molar-refractivity contribution >= 4 is 17.1 Å². The van der Waals surface area contributed by atoms with Crippen LogP contribution in [0.2, 0.25) is 0 Å². The first-order valence-corrected chi connectivity index (χ1v) is 6.90. The first-order valence-electron chi connectivity index (χ1n) is 6.90. The van der Waals surface area contributed by atoms with E-state index < -0.39 is 11.7 Å². The maximum Gasteiger partial charge on any atom is 0.407 e. The van der Waals surface area contributed by atoms with Crippen molar-refractivity contribution in [3.05, 3.63) is 35.8 Å². The van der Waals surface area contributed by atoms with E-state index in [0.717, 1.165) is 10.9 Å². The van der Waals surface area contributed by atoms with E-state index in [-0.39, 0.29) is 11.9 Å². The smallest absolute Gasteiger partial charge is 0.407 e. The molecule has 0 saturated heterocycles. The van der Waals surface area contributed by atoms with Gasteiger partial charge in [0.2, 0.25) is 0 Å². The molecular formula is C16H20FNO3. The lowest BCUT2D eigenvalue weighted by atomic mass is 10.0. The van der Waals surface area contributed by atoms with Crippen LogP contribution in [0.25, 0.3) is 11.0 Å². The van der Waals surface area contributed by atoms with Crippen LogP contribution in [0.15, 0.2) is 28.9 Å². The molecular weight excluding hydrogens is 273 g/mol. The molecule has 2 rings (SSSR count). The summed E-state index contributed by atoms with van der Waals surface area (Å²) in [5.74, 6) is -0.316. The molecule has 5 heteroatoms. The number of benzene rings is 1. The van der Waals surface area contributed by atoms with Crippen molar-refractivity contribution in [2.24, 2.45) is 0 Å². The van der Waals surface area contributed by atoms with E-state index >= 15 is 0 Å². The van der Waals surface area contributed by atoms with Crippen LogP contribution in [-0.4, -0.2) is 17.7 Å². The zero-order chi connectivity index (χ0) is 15.6. The molecule has 0 saturated carbocycles. The van der Waals surface area contributed by atoms with Crippen molar-refractivity contribution in [3.8, 4) is 0 Å². The Labute approximate surface area is 123 Å². The van der Waals surface area contributed by atoms with Gasteiger partial charge in [0.15, 0.2) is 0 Å². The van der Waals surface area contributed by atoms with Crippen molar-refractivity contribution in [1.29, 1.82) is 0 Å². The summed E-state index contributed by atoms with van der Waals surface area (Å²) < 4.78 is 24.1. The summed E-state index contributed by atoms with van der Waals surface area (Å²) in [6.07, 6.45) is 1.50. The summed E-state index contributed by atoms with van der Waals surface area (Å²) in [7, 11) is 0. The van der Waals surface area contributed by atoms with E-state index in [1.165, 1.54) is 18.4 Å². The van der Waals surface area contributed by atoms with Crippen molar-refractivity contribution in [1.82, 2.24) is 5.32 Å². The molecule has 0 aliphatic carbocycles. The summed E-state index contributed by atoms with van der Waals surface area (Å²) in [5, 5.41) is 3.45. The van der Waals surface area contributed by atoms with E-state index in [4.69, 9.17) is 9.15 Å². The number of hydrogen-bond acceptors (Lipinski definition) is 3. The van der Waals surface area contributed by atoms with Gasteiger partial charge in [-0.3, -0.25) is 0 Å². The number of hydrogen-bond donors (Lipinski definition) is 1. The second-order valence-electron chi connectivity index (χ2n) is 6.16. The number of rotatable bonds is 3. The van der Waals surface area contributed by atoms with Gasteiger partial charge in [-0.2, -0.15) is 0 Å². The summed E-state index contributed by atoms with van der Waals surface area (Å²) in [4.78, 5) is 11.7. The summed E-state index contributed by atoms with van der Waals surface area (Å²) >= 11 is 0. The molecule has 0 aliphatic heterocycles. The molecule has 0 spiro atoms. The van der Waals surface area contributed by atoms with Gasteiger partial charge in [-0.1, -0.05) is 0 Å². The monoisotopic (exact) mass is 293 g/mol. The normalized spacial score (nSPS) is 13.2. The molecule has 1 atom stereocenters. The minimum atomic E-state index is -0.545. The number of carbonyl (C=O) groups excluding carboxylic acids is 1. The standard InChI is InChI=1S/C16H20FNO3/c1-10(18-15(19)21-16(2,3)4)7-12-9-13(17)8-11-5-6-20-14(11)12/h5-6,8-10H,7H2,1-4H3,(H,18,19)/t10-/m0/s1. The van der Waals surface area contributed by atoms with E-state index in [2.05, 4.69) is 5.32 Å². The highest BCUT2D eigenvalue weighted by Crippen LogP contribution is 2.23. The largest absolute Gasteiger partial charge is 0.464 e. The number of carbonyl (C=O) groups is 1. The van der Waals surface area contributed by atoms with Gasteiger partial charge in [0, 0.05) is 17.0 Å². The Hall–Kier alpha value is -2.04. The molecule has 0 fully saturated rings. The predicted octanol–water partition coefficient (Wildman–Crippen LogP) is 4.03. The predicted molar refractivity (Wildman–Crippen MR) is 78.7 cm³/mol. The molecule has 0 aliphatic rings. The highest BCUT2D eigenvalue weighted by Gasteiger charge is 2.18. The Morgan fingerprint density at radius 2 is 2.14 bits per heavy atom. The molecule has 1 aromatic heterocycles. The number of halogens is 1. The SMILES string of the molecule is C[C@@H](Cc1cc(F)cc2ccoc12)NC(=O)OC(C)(C)C. The van der Waals surface area contributed by atoms with Crippen molar-refractivity contribution < 1.29 is 18.3 Å². The Bertz CT molecular complexity index is 642. The van der Waals surface area contributed by atoms with Crippen LogP contribution >= 0.6 is 0 Å². The minimum Gasteiger partial charge on any atom is -0.464 e. The Kier molecular flexibility index (Phi) is 4.21. The van der Waals surface area contributed by atoms with Crippen LogP contribution in [0, 0.1) is 5.82 Å². The topological polar surface area (TPSA) is 51.5 Å². The maximum absolute atomic E-state index is 13.6. The lowest BCUT2D eigenvalue weighted by Crippen LogP contribution is -2.38. The summed E-state index contributed by atoms with van der Waals surface area (Å²) in [5.41, 5.74) is 0.824. The first-order chi connectivity index (χ1) is 9.74. The van der Waals surface area contributed by atoms with Gasteiger partial charge in [-0.05, 0) is 52.3 Å². The molecule has 0 bridgehead atoms. The minimum absolute atomic E-state index is 0.199. The second-order valence-corrected chi connectivity index (χ2v) is 6.16. The fourth-order valence-electron chi connectivity index (χ4n) is 2.16. The lowest BCUT2D eigenvalue weighted by Gasteiger charge is -2.22. The molecule has 0 unspecified atom stereocenters. The van der Waals surface area contributed by atoms with Crippen molar-refractivity contribution in [2.75, 3.05) is 0 Å². The first kappa shape index (κ1) is 15.4. The number of fused-ring (bicyclic) bond motifs is 1. The maximum atomic E-state index is 13.6. The zero-order valence-corrected chi connectivity index (χ0v) is 12.7. The van der Waals surface area contributed by atoms with E-state index in [1.807, 2.05) is 6.92 Å². The highest BCUT2D eigenvalue weighted by atomic mass is 19.1. The number of amides is 1. The quantitative estimate of drug-likeness (QED) is 0.929. The zero-order valence-electron chi connectivity index (χ0n) is 12.7. The van der Waals surface area contributed by atoms with Gasteiger partial charge < -0.3 is 14.5 Å². The Morgan fingerprint density at radius 1 is 1.43 bits per heavy atom. The lowest BCUT2D eigenvalue weighted by molar-refractivity contribution is 0.0508. The van der Waals surface area contributed by atoms with Crippen LogP contribution in [0.3, 0.4) is 0 Å². The average Bonchev–Trinajstić information content (AvgIpc) is 2.73. The van der Waals surface area contributed by atoms with Gasteiger partial charge >= 0.3 is 6.09 Å². The number of ether oxygens (including phenoxy) is 1. The van der Waals surface area contributed by atoms with E-state index in [0.29, 0.717) is 12.0 Å². The fraction of sp³-hybridized carbons (Fsp3) is 0.438. The fourth-order valence-corrected chi connectivity index (χ4v) is 2.16. The van der Waals surface area contributed by atoms with Crippen LogP contribution in [0.1, 0.15) is 33.3 Å². The Morgan fingerprint density at radius 3 is 2.81 bits per heavy atom. The van der Waals surface area contributed by atoms with Crippen LogP contribution in [0.4, 0.5) is 9.18 Å². The van der Waals surface area contributed by atoms with Crippen LogP contribution in [0.5, 0.6) is 0 Å². The van der Waals surface area contributed by atoms with Gasteiger partial charge in [0.25, 0.3) is 0 Å². The molecule has 1 aromatic carbocycles. The molecule has 2 aromatic rings. The third-order valence-corrected chi connectivity index (χ3v) is 2.88. The highest BCUT2D eigenvalue weighted by molar-refractivity contribution is 5.80. The number of alkyl carbamates (subject to hydrolysis) is 1. The summed E-state index contributed by atoms with van der Waals surface area (Å²) in [6, 6.07) is 4.37. The van der Waals surface area contributed by atoms with Crippen molar-refractivity contribution in [3.63, 3.8) is 0 Å². The second kappa shape index (κ2) is 5.76. The molecule has 1 amide bonds. The molecule has 1 heterocycles. The van der Waals surface area contributed by atoms with Gasteiger partial charge in [-0.25, -0.2) is 9.18 Å². The third kappa shape index (κ3) is 4.21. The van der Waals surface area contributed by atoms with Gasteiger partial charge in [0.1, 0.15) is 17.0 Å². The summed E-state index contributed by atoms with van der Waals surface area (Å²) in [6.45, 7) is 7.24. The molecule has 4 nitrogen and oxygen atoms in total. The van der Waals surface area contributed by atoms with Gasteiger partial charge in [-0.15, -0.1) is 0 Å². The molecule has 114 valence electrons. The third-order valence-electron chi connectivity index (χ3n) is 2.88.